The van der Waals surface area contributed by atoms with Gasteiger partial charge in [0.05, 0.1) is 10.5 Å². The van der Waals surface area contributed by atoms with Crippen molar-refractivity contribution in [2.45, 2.75) is 15.4 Å². The Morgan fingerprint density at radius 2 is 2.05 bits per heavy atom. The van der Waals surface area contributed by atoms with E-state index in [0.29, 0.717) is 10.4 Å². The van der Waals surface area contributed by atoms with E-state index in [0.717, 1.165) is 29.2 Å². The molecule has 0 unspecified atom stereocenters. The summed E-state index contributed by atoms with van der Waals surface area (Å²) in [5.41, 5.74) is -0.922. The van der Waals surface area contributed by atoms with Crippen molar-refractivity contribution in [3.8, 4) is 0 Å². The topological polar surface area (TPSA) is 56.0 Å². The third-order valence-corrected chi connectivity index (χ3v) is 4.15. The van der Waals surface area contributed by atoms with Crippen LogP contribution in [0.25, 0.3) is 0 Å². The number of hydrogen-bond donors (Lipinski definition) is 0. The number of hydrogen-bond acceptors (Lipinski definition) is 5. The molecule has 100 valence electrons. The first-order valence-corrected chi connectivity index (χ1v) is 6.50. The van der Waals surface area contributed by atoms with Crippen LogP contribution in [-0.4, -0.2) is 9.91 Å². The fraction of sp³-hybridized carbons (Fsp3) is 0.100. The summed E-state index contributed by atoms with van der Waals surface area (Å²) >= 11 is 2.11. The van der Waals surface area contributed by atoms with Crippen LogP contribution in [0.2, 0.25) is 0 Å². The second-order valence-corrected chi connectivity index (χ2v) is 5.54. The third-order valence-electron chi connectivity index (χ3n) is 2.07. The van der Waals surface area contributed by atoms with Gasteiger partial charge in [-0.2, -0.15) is 13.2 Å². The molecule has 0 aliphatic carbocycles. The molecule has 0 aliphatic rings. The first-order valence-electron chi connectivity index (χ1n) is 4.81. The first-order chi connectivity index (χ1) is 8.88. The largest absolute Gasteiger partial charge is 0.417 e. The van der Waals surface area contributed by atoms with Crippen molar-refractivity contribution < 1.29 is 18.1 Å². The van der Waals surface area contributed by atoms with Crippen LogP contribution in [0.3, 0.4) is 0 Å². The monoisotopic (exact) mass is 306 g/mol. The van der Waals surface area contributed by atoms with Crippen molar-refractivity contribution >= 4 is 28.8 Å². The highest BCUT2D eigenvalue weighted by molar-refractivity contribution is 8.01. The van der Waals surface area contributed by atoms with Crippen LogP contribution < -0.4 is 0 Å². The van der Waals surface area contributed by atoms with Crippen LogP contribution in [-0.2, 0) is 6.18 Å². The summed E-state index contributed by atoms with van der Waals surface area (Å²) in [5.74, 6) is 0. The predicted octanol–water partition coefficient (Wildman–Crippen LogP) is 4.22. The Bertz CT molecular complexity index is 596. The van der Waals surface area contributed by atoms with Gasteiger partial charge in [-0.3, -0.25) is 10.1 Å². The number of thiophene rings is 1. The fourth-order valence-corrected chi connectivity index (χ4v) is 3.08. The van der Waals surface area contributed by atoms with Crippen LogP contribution in [0.15, 0.2) is 39.0 Å². The second-order valence-electron chi connectivity index (χ2n) is 3.34. The number of halogens is 3. The van der Waals surface area contributed by atoms with Gasteiger partial charge in [0.15, 0.2) is 0 Å². The maximum absolute atomic E-state index is 12.3. The molecule has 0 saturated carbocycles. The predicted molar refractivity (Wildman–Crippen MR) is 64.3 cm³/mol. The van der Waals surface area contributed by atoms with Gasteiger partial charge < -0.3 is 0 Å². The molecule has 19 heavy (non-hydrogen) atoms. The van der Waals surface area contributed by atoms with Gasteiger partial charge in [0.1, 0.15) is 9.24 Å². The molecule has 0 fully saturated rings. The van der Waals surface area contributed by atoms with E-state index in [1.165, 1.54) is 12.1 Å². The van der Waals surface area contributed by atoms with Crippen molar-refractivity contribution in [2.24, 2.45) is 0 Å². The highest BCUT2D eigenvalue weighted by Crippen LogP contribution is 2.38. The van der Waals surface area contributed by atoms with Crippen LogP contribution in [0.4, 0.5) is 18.9 Å². The summed E-state index contributed by atoms with van der Waals surface area (Å²) in [6.07, 6.45) is -3.73. The normalized spacial score (nSPS) is 11.5. The standard InChI is InChI=1S/C10H5F3N2O2S2/c11-10(12,13)6-1-2-8(14-5-6)19-9-7(15(16)17)3-4-18-9/h1-5H. The lowest BCUT2D eigenvalue weighted by molar-refractivity contribution is -0.387. The first kappa shape index (κ1) is 13.8. The average Bonchev–Trinajstić information content (AvgIpc) is 2.77. The van der Waals surface area contributed by atoms with E-state index in [1.54, 1.807) is 5.38 Å². The van der Waals surface area contributed by atoms with Gasteiger partial charge >= 0.3 is 6.18 Å². The lowest BCUT2D eigenvalue weighted by Gasteiger charge is -2.05. The molecule has 0 radical (unpaired) electrons. The lowest BCUT2D eigenvalue weighted by Crippen LogP contribution is -2.04. The van der Waals surface area contributed by atoms with Gasteiger partial charge in [0.25, 0.3) is 5.69 Å². The van der Waals surface area contributed by atoms with Crippen LogP contribution in [0.1, 0.15) is 5.56 Å². The molecule has 0 amide bonds. The Kier molecular flexibility index (Phi) is 3.76. The fourth-order valence-electron chi connectivity index (χ4n) is 1.20. The molecule has 0 saturated heterocycles. The number of aromatic nitrogens is 1. The molecule has 2 heterocycles. The van der Waals surface area contributed by atoms with Crippen LogP contribution in [0, 0.1) is 10.1 Å². The van der Waals surface area contributed by atoms with Gasteiger partial charge in [0, 0.05) is 12.3 Å². The van der Waals surface area contributed by atoms with Crippen molar-refractivity contribution in [2.75, 3.05) is 0 Å². The smallest absolute Gasteiger partial charge is 0.258 e. The molecule has 0 bridgehead atoms. The lowest BCUT2D eigenvalue weighted by atomic mass is 10.3. The summed E-state index contributed by atoms with van der Waals surface area (Å²) in [7, 11) is 0. The molecule has 0 atom stereocenters. The number of nitrogens with zero attached hydrogens (tertiary/aromatic N) is 2. The van der Waals surface area contributed by atoms with Gasteiger partial charge in [-0.25, -0.2) is 4.98 Å². The van der Waals surface area contributed by atoms with E-state index in [4.69, 9.17) is 0 Å². The molecule has 0 spiro atoms. The molecule has 2 aromatic rings. The average molecular weight is 306 g/mol. The van der Waals surface area contributed by atoms with E-state index >= 15 is 0 Å². The van der Waals surface area contributed by atoms with E-state index in [-0.39, 0.29) is 10.7 Å². The summed E-state index contributed by atoms with van der Waals surface area (Å²) < 4.78 is 37.4. The summed E-state index contributed by atoms with van der Waals surface area (Å²) in [6.45, 7) is 0. The molecule has 9 heteroatoms. The summed E-state index contributed by atoms with van der Waals surface area (Å²) in [4.78, 5) is 13.8. The highest BCUT2D eigenvalue weighted by Gasteiger charge is 2.30. The minimum absolute atomic E-state index is 0.0725. The maximum atomic E-state index is 12.3. The van der Waals surface area contributed by atoms with Gasteiger partial charge in [-0.05, 0) is 17.5 Å². The minimum atomic E-state index is -4.44. The maximum Gasteiger partial charge on any atom is 0.417 e. The van der Waals surface area contributed by atoms with Gasteiger partial charge in [-0.15, -0.1) is 11.3 Å². The van der Waals surface area contributed by atoms with Crippen LogP contribution in [0.5, 0.6) is 0 Å². The Labute approximate surface area is 113 Å². The van der Waals surface area contributed by atoms with Crippen molar-refractivity contribution in [3.63, 3.8) is 0 Å². The van der Waals surface area contributed by atoms with E-state index in [2.05, 4.69) is 4.98 Å². The molecule has 2 aromatic heterocycles. The van der Waals surface area contributed by atoms with Crippen molar-refractivity contribution in [1.82, 2.24) is 4.98 Å². The molecule has 2 rings (SSSR count). The summed E-state index contributed by atoms with van der Waals surface area (Å²) in [5, 5.41) is 12.5. The Balaban J connectivity index is 2.20. The molecule has 0 aromatic carbocycles. The zero-order valence-corrected chi connectivity index (χ0v) is 10.7. The van der Waals surface area contributed by atoms with E-state index < -0.39 is 16.7 Å². The summed E-state index contributed by atoms with van der Waals surface area (Å²) in [6, 6.07) is 3.43. The quantitative estimate of drug-likeness (QED) is 0.629. The zero-order chi connectivity index (χ0) is 14.0. The molecule has 0 N–H and O–H groups in total. The highest BCUT2D eigenvalue weighted by atomic mass is 32.2. The Hall–Kier alpha value is -1.61. The number of nitro groups is 1. The molecule has 0 aliphatic heterocycles. The van der Waals surface area contributed by atoms with Gasteiger partial charge in [0.2, 0.25) is 0 Å². The third kappa shape index (κ3) is 3.24. The number of alkyl halides is 3. The van der Waals surface area contributed by atoms with E-state index in [1.807, 2.05) is 0 Å². The molecule has 4 nitrogen and oxygen atoms in total. The molecular formula is C10H5F3N2O2S2. The Morgan fingerprint density at radius 1 is 1.32 bits per heavy atom. The Morgan fingerprint density at radius 3 is 2.58 bits per heavy atom. The number of pyridine rings is 1. The van der Waals surface area contributed by atoms with Gasteiger partial charge in [-0.1, -0.05) is 11.8 Å². The SMILES string of the molecule is O=[N+]([O-])c1ccsc1Sc1ccc(C(F)(F)F)cn1. The zero-order valence-electron chi connectivity index (χ0n) is 9.05. The second kappa shape index (κ2) is 5.17. The minimum Gasteiger partial charge on any atom is -0.258 e. The van der Waals surface area contributed by atoms with E-state index in [9.17, 15) is 23.3 Å². The molecular weight excluding hydrogens is 301 g/mol. The van der Waals surface area contributed by atoms with Crippen molar-refractivity contribution in [1.29, 1.82) is 0 Å². The van der Waals surface area contributed by atoms with Crippen molar-refractivity contribution in [3.05, 3.63) is 45.5 Å². The number of rotatable bonds is 3. The van der Waals surface area contributed by atoms with Crippen LogP contribution >= 0.6 is 23.1 Å².